The molecule has 0 unspecified atom stereocenters. The van der Waals surface area contributed by atoms with E-state index in [-0.39, 0.29) is 11.8 Å². The highest BCUT2D eigenvalue weighted by atomic mass is 79.9. The van der Waals surface area contributed by atoms with E-state index >= 15 is 0 Å². The summed E-state index contributed by atoms with van der Waals surface area (Å²) < 4.78 is 0.922. The van der Waals surface area contributed by atoms with E-state index in [4.69, 9.17) is 0 Å². The first-order chi connectivity index (χ1) is 13.0. The molecule has 1 N–H and O–H groups in total. The Hall–Kier alpha value is -2.40. The second-order valence-electron chi connectivity index (χ2n) is 6.79. The normalized spacial score (nSPS) is 14.7. The Morgan fingerprint density at radius 2 is 1.74 bits per heavy atom. The molecule has 1 saturated heterocycles. The molecule has 2 amide bonds. The number of benzene rings is 2. The Balaban J connectivity index is 1.87. The van der Waals surface area contributed by atoms with Crippen molar-refractivity contribution in [3.05, 3.63) is 75.4 Å². The van der Waals surface area contributed by atoms with Crippen LogP contribution in [-0.2, 0) is 4.79 Å². The lowest BCUT2D eigenvalue weighted by atomic mass is 10.1. The van der Waals surface area contributed by atoms with Crippen LogP contribution in [0.1, 0.15) is 40.7 Å². The van der Waals surface area contributed by atoms with Crippen LogP contribution in [0.3, 0.4) is 0 Å². The molecule has 4 nitrogen and oxygen atoms in total. The summed E-state index contributed by atoms with van der Waals surface area (Å²) >= 11 is 3.45. The number of amides is 2. The molecule has 1 fully saturated rings. The first-order valence-corrected chi connectivity index (χ1v) is 9.97. The Morgan fingerprint density at radius 3 is 2.41 bits per heavy atom. The van der Waals surface area contributed by atoms with Gasteiger partial charge in [0, 0.05) is 23.1 Å². The number of nitrogens with zero attached hydrogens (tertiary/aromatic N) is 1. The van der Waals surface area contributed by atoms with E-state index in [9.17, 15) is 9.59 Å². The molecule has 0 aliphatic carbocycles. The summed E-state index contributed by atoms with van der Waals surface area (Å²) in [6, 6.07) is 15.0. The minimum atomic E-state index is -0.276. The van der Waals surface area contributed by atoms with E-state index in [1.165, 1.54) is 0 Å². The first-order valence-electron chi connectivity index (χ1n) is 9.17. The topological polar surface area (TPSA) is 49.4 Å². The van der Waals surface area contributed by atoms with Crippen LogP contribution in [0.2, 0.25) is 0 Å². The summed E-state index contributed by atoms with van der Waals surface area (Å²) in [6.45, 7) is 3.43. The van der Waals surface area contributed by atoms with Gasteiger partial charge in [-0.3, -0.25) is 9.59 Å². The lowest BCUT2D eigenvalue weighted by Crippen LogP contribution is -2.41. The van der Waals surface area contributed by atoms with Gasteiger partial charge >= 0.3 is 0 Å². The number of hydrogen-bond donors (Lipinski definition) is 1. The smallest absolute Gasteiger partial charge is 0.270 e. The number of carbonyl (C=O) groups is 2. The van der Waals surface area contributed by atoms with E-state index in [0.717, 1.165) is 48.0 Å². The maximum Gasteiger partial charge on any atom is 0.270 e. The minimum Gasteiger partial charge on any atom is -0.337 e. The Morgan fingerprint density at radius 1 is 1.04 bits per heavy atom. The number of nitrogens with one attached hydrogen (secondary N) is 1. The molecule has 5 heteroatoms. The van der Waals surface area contributed by atoms with Crippen LogP contribution >= 0.6 is 15.9 Å². The van der Waals surface area contributed by atoms with Gasteiger partial charge in [0.1, 0.15) is 5.70 Å². The van der Waals surface area contributed by atoms with E-state index in [1.807, 2.05) is 48.2 Å². The number of hydrogen-bond acceptors (Lipinski definition) is 2. The van der Waals surface area contributed by atoms with Gasteiger partial charge in [-0.15, -0.1) is 0 Å². The quantitative estimate of drug-likeness (QED) is 0.729. The zero-order chi connectivity index (χ0) is 19.2. The number of rotatable bonds is 4. The van der Waals surface area contributed by atoms with Gasteiger partial charge in [0.25, 0.3) is 11.8 Å². The molecule has 0 bridgehead atoms. The molecular weight excluding hydrogens is 404 g/mol. The minimum absolute atomic E-state index is 0.130. The predicted octanol–water partition coefficient (Wildman–Crippen LogP) is 4.54. The Labute approximate surface area is 168 Å². The van der Waals surface area contributed by atoms with Crippen LogP contribution in [0.15, 0.2) is 58.7 Å². The maximum atomic E-state index is 13.0. The van der Waals surface area contributed by atoms with Crippen molar-refractivity contribution in [3.63, 3.8) is 0 Å². The Bertz CT molecular complexity index is 853. The van der Waals surface area contributed by atoms with Gasteiger partial charge in [-0.1, -0.05) is 45.8 Å². The largest absolute Gasteiger partial charge is 0.337 e. The summed E-state index contributed by atoms with van der Waals surface area (Å²) in [5, 5.41) is 2.83. The number of likely N-dealkylation sites (tertiary alicyclic amines) is 1. The van der Waals surface area contributed by atoms with Gasteiger partial charge in [-0.2, -0.15) is 0 Å². The van der Waals surface area contributed by atoms with Crippen LogP contribution in [-0.4, -0.2) is 29.8 Å². The monoisotopic (exact) mass is 426 g/mol. The van der Waals surface area contributed by atoms with Crippen LogP contribution in [0, 0.1) is 6.92 Å². The average Bonchev–Trinajstić information content (AvgIpc) is 2.68. The van der Waals surface area contributed by atoms with Crippen molar-refractivity contribution < 1.29 is 9.59 Å². The van der Waals surface area contributed by atoms with Crippen molar-refractivity contribution in [1.29, 1.82) is 0 Å². The maximum absolute atomic E-state index is 13.0. The fourth-order valence-electron chi connectivity index (χ4n) is 3.08. The SMILES string of the molecule is Cc1ccc(C(=O)N/C(=C/c2cccc(Br)c2)C(=O)N2CCCCC2)cc1. The molecule has 1 heterocycles. The molecule has 0 saturated carbocycles. The van der Waals surface area contributed by atoms with Gasteiger partial charge in [0.05, 0.1) is 0 Å². The first kappa shape index (κ1) is 19.4. The third-order valence-corrected chi connectivity index (χ3v) is 5.09. The molecule has 0 atom stereocenters. The second kappa shape index (κ2) is 9.00. The highest BCUT2D eigenvalue weighted by molar-refractivity contribution is 9.10. The number of aryl methyl sites for hydroxylation is 1. The van der Waals surface area contributed by atoms with Crippen LogP contribution in [0.25, 0.3) is 6.08 Å². The number of piperidine rings is 1. The zero-order valence-electron chi connectivity index (χ0n) is 15.4. The summed E-state index contributed by atoms with van der Waals surface area (Å²) in [5.74, 6) is -0.406. The lowest BCUT2D eigenvalue weighted by molar-refractivity contribution is -0.128. The fraction of sp³-hybridized carbons (Fsp3) is 0.273. The van der Waals surface area contributed by atoms with Gasteiger partial charge in [-0.25, -0.2) is 0 Å². The van der Waals surface area contributed by atoms with Crippen molar-refractivity contribution in [2.75, 3.05) is 13.1 Å². The van der Waals surface area contributed by atoms with Crippen LogP contribution in [0.5, 0.6) is 0 Å². The van der Waals surface area contributed by atoms with Crippen molar-refractivity contribution in [2.24, 2.45) is 0 Å². The highest BCUT2D eigenvalue weighted by Crippen LogP contribution is 2.17. The zero-order valence-corrected chi connectivity index (χ0v) is 17.0. The summed E-state index contributed by atoms with van der Waals surface area (Å²) in [5.41, 5.74) is 2.78. The Kier molecular flexibility index (Phi) is 6.45. The van der Waals surface area contributed by atoms with Gasteiger partial charge in [0.15, 0.2) is 0 Å². The molecule has 2 aromatic carbocycles. The van der Waals surface area contributed by atoms with Crippen molar-refractivity contribution >= 4 is 33.8 Å². The van der Waals surface area contributed by atoms with E-state index < -0.39 is 0 Å². The second-order valence-corrected chi connectivity index (χ2v) is 7.70. The summed E-state index contributed by atoms with van der Waals surface area (Å²) in [6.07, 6.45) is 4.89. The molecular formula is C22H23BrN2O2. The third-order valence-electron chi connectivity index (χ3n) is 4.60. The number of carbonyl (C=O) groups excluding carboxylic acids is 2. The van der Waals surface area contributed by atoms with Crippen molar-refractivity contribution in [3.8, 4) is 0 Å². The summed E-state index contributed by atoms with van der Waals surface area (Å²) in [7, 11) is 0. The predicted molar refractivity (Wildman–Crippen MR) is 111 cm³/mol. The lowest BCUT2D eigenvalue weighted by Gasteiger charge is -2.27. The fourth-order valence-corrected chi connectivity index (χ4v) is 3.50. The summed E-state index contributed by atoms with van der Waals surface area (Å²) in [4.78, 5) is 27.5. The van der Waals surface area contributed by atoms with Gasteiger partial charge in [0.2, 0.25) is 0 Å². The number of halogens is 1. The van der Waals surface area contributed by atoms with E-state index in [0.29, 0.717) is 11.3 Å². The third kappa shape index (κ3) is 5.30. The molecule has 1 aliphatic rings. The van der Waals surface area contributed by atoms with E-state index in [2.05, 4.69) is 21.2 Å². The highest BCUT2D eigenvalue weighted by Gasteiger charge is 2.22. The molecule has 0 spiro atoms. The van der Waals surface area contributed by atoms with Crippen molar-refractivity contribution in [2.45, 2.75) is 26.2 Å². The van der Waals surface area contributed by atoms with Crippen LogP contribution < -0.4 is 5.32 Å². The molecule has 0 radical (unpaired) electrons. The molecule has 2 aromatic rings. The molecule has 0 aromatic heterocycles. The van der Waals surface area contributed by atoms with Gasteiger partial charge < -0.3 is 10.2 Å². The van der Waals surface area contributed by atoms with E-state index in [1.54, 1.807) is 18.2 Å². The van der Waals surface area contributed by atoms with Crippen LogP contribution in [0.4, 0.5) is 0 Å². The average molecular weight is 427 g/mol. The standard InChI is InChI=1S/C22H23BrN2O2/c1-16-8-10-18(11-9-16)21(26)24-20(15-17-6-5-7-19(23)14-17)22(27)25-12-3-2-4-13-25/h5-11,14-15H,2-4,12-13H2,1H3,(H,24,26)/b20-15+. The van der Waals surface area contributed by atoms with Gasteiger partial charge in [-0.05, 0) is 62.1 Å². The molecule has 3 rings (SSSR count). The molecule has 27 heavy (non-hydrogen) atoms. The molecule has 1 aliphatic heterocycles. The van der Waals surface area contributed by atoms with Crippen molar-refractivity contribution in [1.82, 2.24) is 10.2 Å². The molecule has 140 valence electrons.